The Morgan fingerprint density at radius 2 is 2.00 bits per heavy atom. The maximum Gasteiger partial charge on any atom is 0.270 e. The second-order valence-electron chi connectivity index (χ2n) is 6.91. The predicted molar refractivity (Wildman–Crippen MR) is 119 cm³/mol. The van der Waals surface area contributed by atoms with Crippen molar-refractivity contribution in [3.05, 3.63) is 70.0 Å². The number of carbonyl (C=O) groups is 2. The second-order valence-corrected chi connectivity index (χ2v) is 7.76. The summed E-state index contributed by atoms with van der Waals surface area (Å²) in [5.41, 5.74) is 1.61. The number of nitrogens with one attached hydrogen (secondary N) is 2. The molecule has 0 unspecified atom stereocenters. The third-order valence-corrected chi connectivity index (χ3v) is 5.35. The number of halogens is 1. The molecule has 0 saturated carbocycles. The number of benzene rings is 2. The van der Waals surface area contributed by atoms with E-state index in [9.17, 15) is 24.1 Å². The Morgan fingerprint density at radius 3 is 2.72 bits per heavy atom. The summed E-state index contributed by atoms with van der Waals surface area (Å²) in [5, 5.41) is 18.7. The number of fused-ring (bicyclic) bond motifs is 1. The second kappa shape index (κ2) is 8.55. The van der Waals surface area contributed by atoms with Gasteiger partial charge in [-0.15, -0.1) is 11.3 Å². The molecular weight excluding hydrogens is 437 g/mol. The molecule has 9 nitrogen and oxygen atoms in total. The van der Waals surface area contributed by atoms with Crippen molar-refractivity contribution in [1.82, 2.24) is 9.55 Å². The van der Waals surface area contributed by atoms with Gasteiger partial charge in [0.1, 0.15) is 12.4 Å². The molecule has 11 heteroatoms. The van der Waals surface area contributed by atoms with Crippen LogP contribution in [0.1, 0.15) is 6.92 Å². The molecular formula is C21H16FN5O4S. The van der Waals surface area contributed by atoms with Gasteiger partial charge >= 0.3 is 0 Å². The first-order valence-corrected chi connectivity index (χ1v) is 10.2. The first kappa shape index (κ1) is 21.1. The number of carbonyl (C=O) groups excluding carboxylic acids is 2. The molecule has 4 rings (SSSR count). The number of rotatable bonds is 6. The van der Waals surface area contributed by atoms with Crippen LogP contribution in [0.4, 0.5) is 20.9 Å². The zero-order valence-corrected chi connectivity index (χ0v) is 17.5. The average Bonchev–Trinajstić information content (AvgIpc) is 3.34. The SMILES string of the molecule is CC(=O)Nc1ccc(-c2csc(NC(=O)Cn3ccc4cc([N+](=O)[O-])ccc43)n2)c(F)c1. The number of nitro benzene ring substituents is 1. The fourth-order valence-electron chi connectivity index (χ4n) is 3.21. The van der Waals surface area contributed by atoms with Gasteiger partial charge in [0.2, 0.25) is 11.8 Å². The molecule has 0 bridgehead atoms. The molecule has 2 aromatic carbocycles. The Morgan fingerprint density at radius 1 is 1.19 bits per heavy atom. The van der Waals surface area contributed by atoms with Gasteiger partial charge in [-0.05, 0) is 30.3 Å². The maximum atomic E-state index is 14.4. The van der Waals surface area contributed by atoms with Crippen LogP contribution in [0.25, 0.3) is 22.2 Å². The predicted octanol–water partition coefficient (Wildman–Crippen LogP) is 4.41. The number of hydrogen-bond acceptors (Lipinski definition) is 6. The quantitative estimate of drug-likeness (QED) is 0.331. The van der Waals surface area contributed by atoms with Crippen LogP contribution < -0.4 is 10.6 Å². The van der Waals surface area contributed by atoms with Gasteiger partial charge in [-0.1, -0.05) is 0 Å². The molecule has 4 aromatic rings. The van der Waals surface area contributed by atoms with Gasteiger partial charge in [-0.3, -0.25) is 19.7 Å². The van der Waals surface area contributed by atoms with Crippen molar-refractivity contribution in [1.29, 1.82) is 0 Å². The first-order chi connectivity index (χ1) is 15.3. The van der Waals surface area contributed by atoms with Gasteiger partial charge in [-0.2, -0.15) is 0 Å². The number of nitrogens with zero attached hydrogens (tertiary/aromatic N) is 3. The Balaban J connectivity index is 1.46. The number of hydrogen-bond donors (Lipinski definition) is 2. The molecule has 0 spiro atoms. The van der Waals surface area contributed by atoms with Crippen molar-refractivity contribution in [2.45, 2.75) is 13.5 Å². The van der Waals surface area contributed by atoms with E-state index in [2.05, 4.69) is 15.6 Å². The van der Waals surface area contributed by atoms with Gasteiger partial charge in [0.05, 0.1) is 10.6 Å². The molecule has 0 aliphatic rings. The fourth-order valence-corrected chi connectivity index (χ4v) is 3.94. The molecule has 2 amide bonds. The largest absolute Gasteiger partial charge is 0.338 e. The van der Waals surface area contributed by atoms with Gasteiger partial charge in [0, 0.05) is 52.8 Å². The van der Waals surface area contributed by atoms with E-state index in [0.29, 0.717) is 27.4 Å². The highest BCUT2D eigenvalue weighted by atomic mass is 32.1. The topological polar surface area (TPSA) is 119 Å². The monoisotopic (exact) mass is 453 g/mol. The van der Waals surface area contributed by atoms with E-state index in [-0.39, 0.29) is 29.6 Å². The fraction of sp³-hybridized carbons (Fsp3) is 0.0952. The molecule has 0 atom stereocenters. The molecule has 2 aromatic heterocycles. The lowest BCUT2D eigenvalue weighted by Gasteiger charge is -2.06. The lowest BCUT2D eigenvalue weighted by Crippen LogP contribution is -2.18. The summed E-state index contributed by atoms with van der Waals surface area (Å²) >= 11 is 1.15. The molecule has 0 aliphatic carbocycles. The Kier molecular flexibility index (Phi) is 5.65. The number of thiazole rings is 1. The lowest BCUT2D eigenvalue weighted by atomic mass is 10.1. The highest BCUT2D eigenvalue weighted by Crippen LogP contribution is 2.29. The van der Waals surface area contributed by atoms with Crippen molar-refractivity contribution in [3.8, 4) is 11.3 Å². The molecule has 32 heavy (non-hydrogen) atoms. The van der Waals surface area contributed by atoms with Crippen LogP contribution in [-0.4, -0.2) is 26.3 Å². The Labute approximate surface area is 184 Å². The third kappa shape index (κ3) is 4.47. The minimum absolute atomic E-state index is 0.0179. The zero-order valence-electron chi connectivity index (χ0n) is 16.7. The van der Waals surface area contributed by atoms with E-state index in [1.54, 1.807) is 34.3 Å². The lowest BCUT2D eigenvalue weighted by molar-refractivity contribution is -0.384. The number of amides is 2. The van der Waals surface area contributed by atoms with Crippen molar-refractivity contribution >= 4 is 50.6 Å². The van der Waals surface area contributed by atoms with Crippen LogP contribution >= 0.6 is 11.3 Å². The maximum absolute atomic E-state index is 14.4. The van der Waals surface area contributed by atoms with Crippen LogP contribution in [0.5, 0.6) is 0 Å². The summed E-state index contributed by atoms with van der Waals surface area (Å²) in [5.74, 6) is -1.19. The Bertz CT molecular complexity index is 1360. The summed E-state index contributed by atoms with van der Waals surface area (Å²) in [4.78, 5) is 38.3. The summed E-state index contributed by atoms with van der Waals surface area (Å²) < 4.78 is 16.1. The van der Waals surface area contributed by atoms with Crippen molar-refractivity contribution in [2.24, 2.45) is 0 Å². The van der Waals surface area contributed by atoms with Crippen molar-refractivity contribution < 1.29 is 18.9 Å². The molecule has 0 saturated heterocycles. The van der Waals surface area contributed by atoms with E-state index < -0.39 is 10.7 Å². The molecule has 0 aliphatic heterocycles. The van der Waals surface area contributed by atoms with E-state index in [1.807, 2.05) is 0 Å². The summed E-state index contributed by atoms with van der Waals surface area (Å²) in [6, 6.07) is 10.4. The summed E-state index contributed by atoms with van der Waals surface area (Å²) in [6.07, 6.45) is 1.67. The number of anilines is 2. The van der Waals surface area contributed by atoms with Crippen LogP contribution in [0.2, 0.25) is 0 Å². The van der Waals surface area contributed by atoms with Crippen LogP contribution in [0.15, 0.2) is 54.0 Å². The van der Waals surface area contributed by atoms with Gasteiger partial charge < -0.3 is 15.2 Å². The minimum atomic E-state index is -0.549. The van der Waals surface area contributed by atoms with Gasteiger partial charge in [0.25, 0.3) is 5.69 Å². The molecule has 2 N–H and O–H groups in total. The number of nitro groups is 1. The van der Waals surface area contributed by atoms with Crippen LogP contribution in [0, 0.1) is 15.9 Å². The first-order valence-electron chi connectivity index (χ1n) is 9.36. The molecule has 0 radical (unpaired) electrons. The van der Waals surface area contributed by atoms with E-state index in [4.69, 9.17) is 0 Å². The molecule has 0 fully saturated rings. The van der Waals surface area contributed by atoms with E-state index in [1.165, 1.54) is 31.2 Å². The number of non-ortho nitro benzene ring substituents is 1. The van der Waals surface area contributed by atoms with Crippen LogP contribution in [0.3, 0.4) is 0 Å². The van der Waals surface area contributed by atoms with Crippen molar-refractivity contribution in [3.63, 3.8) is 0 Å². The van der Waals surface area contributed by atoms with Gasteiger partial charge in [-0.25, -0.2) is 9.37 Å². The minimum Gasteiger partial charge on any atom is -0.338 e. The number of aromatic nitrogens is 2. The van der Waals surface area contributed by atoms with E-state index >= 15 is 0 Å². The third-order valence-electron chi connectivity index (χ3n) is 4.60. The van der Waals surface area contributed by atoms with Crippen molar-refractivity contribution in [2.75, 3.05) is 10.6 Å². The highest BCUT2D eigenvalue weighted by molar-refractivity contribution is 7.14. The summed E-state index contributed by atoms with van der Waals surface area (Å²) in [6.45, 7) is 1.32. The average molecular weight is 453 g/mol. The summed E-state index contributed by atoms with van der Waals surface area (Å²) in [7, 11) is 0. The zero-order chi connectivity index (χ0) is 22.8. The van der Waals surface area contributed by atoms with Gasteiger partial charge in [0.15, 0.2) is 5.13 Å². The normalized spacial score (nSPS) is 10.8. The smallest absolute Gasteiger partial charge is 0.270 e. The Hall–Kier alpha value is -4.12. The molecule has 162 valence electrons. The molecule has 2 heterocycles. The standard InChI is InChI=1S/C21H16FN5O4S/c1-12(28)23-14-2-4-16(17(22)9-14)18-11-32-21(24-18)25-20(29)10-26-7-6-13-8-15(27(30)31)3-5-19(13)26/h2-9,11H,10H2,1H3,(H,23,28)(H,24,25,29). The highest BCUT2D eigenvalue weighted by Gasteiger charge is 2.14. The van der Waals surface area contributed by atoms with Crippen LogP contribution in [-0.2, 0) is 16.1 Å². The van der Waals surface area contributed by atoms with E-state index in [0.717, 1.165) is 11.3 Å².